The lowest BCUT2D eigenvalue weighted by Gasteiger charge is -2.06. The molecule has 0 heterocycles. The second-order valence-corrected chi connectivity index (χ2v) is 4.53. The van der Waals surface area contributed by atoms with Crippen molar-refractivity contribution in [1.82, 2.24) is 0 Å². The Kier molecular flexibility index (Phi) is 3.95. The number of hydrogen-bond acceptors (Lipinski definition) is 2. The standard InChI is InChI=1S/C16H15FO2/c1-11-3-6-14(7-4-11)16(18)19-10-13-5-8-15(17)12(2)9-13/h3-9H,10H2,1-2H3. The van der Waals surface area contributed by atoms with Crippen LogP contribution in [0.15, 0.2) is 42.5 Å². The van der Waals surface area contributed by atoms with E-state index in [4.69, 9.17) is 4.74 Å². The number of ether oxygens (including phenoxy) is 1. The summed E-state index contributed by atoms with van der Waals surface area (Å²) in [6.45, 7) is 3.78. The zero-order valence-corrected chi connectivity index (χ0v) is 10.9. The molecule has 0 aromatic heterocycles. The molecule has 0 aliphatic carbocycles. The number of carbonyl (C=O) groups excluding carboxylic acids is 1. The van der Waals surface area contributed by atoms with Crippen LogP contribution in [0.5, 0.6) is 0 Å². The zero-order chi connectivity index (χ0) is 13.8. The van der Waals surface area contributed by atoms with Crippen molar-refractivity contribution < 1.29 is 13.9 Å². The summed E-state index contributed by atoms with van der Waals surface area (Å²) in [4.78, 5) is 11.8. The number of benzene rings is 2. The van der Waals surface area contributed by atoms with Crippen LogP contribution < -0.4 is 0 Å². The first kappa shape index (κ1) is 13.3. The highest BCUT2D eigenvalue weighted by Gasteiger charge is 2.07. The maximum Gasteiger partial charge on any atom is 0.338 e. The third kappa shape index (κ3) is 3.41. The fraction of sp³-hybridized carbons (Fsp3) is 0.188. The Balaban J connectivity index is 2.00. The summed E-state index contributed by atoms with van der Waals surface area (Å²) in [5.41, 5.74) is 2.93. The zero-order valence-electron chi connectivity index (χ0n) is 10.9. The lowest BCUT2D eigenvalue weighted by molar-refractivity contribution is 0.0472. The van der Waals surface area contributed by atoms with Crippen molar-refractivity contribution in [3.8, 4) is 0 Å². The third-order valence-electron chi connectivity index (χ3n) is 2.88. The Morgan fingerprint density at radius 3 is 2.42 bits per heavy atom. The van der Waals surface area contributed by atoms with E-state index < -0.39 is 0 Å². The minimum atomic E-state index is -0.373. The molecule has 0 saturated carbocycles. The molecule has 19 heavy (non-hydrogen) atoms. The summed E-state index contributed by atoms with van der Waals surface area (Å²) in [6.07, 6.45) is 0. The quantitative estimate of drug-likeness (QED) is 0.783. The highest BCUT2D eigenvalue weighted by Crippen LogP contribution is 2.12. The van der Waals surface area contributed by atoms with Crippen molar-refractivity contribution in [2.45, 2.75) is 20.5 Å². The number of rotatable bonds is 3. The van der Waals surface area contributed by atoms with Gasteiger partial charge in [0, 0.05) is 0 Å². The molecule has 98 valence electrons. The van der Waals surface area contributed by atoms with Gasteiger partial charge in [0.2, 0.25) is 0 Å². The third-order valence-corrected chi connectivity index (χ3v) is 2.88. The van der Waals surface area contributed by atoms with Gasteiger partial charge in [0.1, 0.15) is 12.4 Å². The minimum absolute atomic E-state index is 0.147. The molecule has 2 aromatic carbocycles. The molecule has 0 saturated heterocycles. The molecule has 3 heteroatoms. The number of halogens is 1. The summed E-state index contributed by atoms with van der Waals surface area (Å²) in [5, 5.41) is 0. The van der Waals surface area contributed by atoms with Gasteiger partial charge in [-0.2, -0.15) is 0 Å². The Morgan fingerprint density at radius 2 is 1.79 bits per heavy atom. The molecule has 0 atom stereocenters. The van der Waals surface area contributed by atoms with E-state index in [9.17, 15) is 9.18 Å². The maximum atomic E-state index is 13.1. The second kappa shape index (κ2) is 5.65. The molecule has 0 spiro atoms. The lowest BCUT2D eigenvalue weighted by Crippen LogP contribution is -2.05. The maximum absolute atomic E-state index is 13.1. The molecule has 0 aliphatic rings. The molecule has 0 fully saturated rings. The minimum Gasteiger partial charge on any atom is -0.457 e. The molecule has 0 radical (unpaired) electrons. The second-order valence-electron chi connectivity index (χ2n) is 4.53. The molecule has 0 aliphatic heterocycles. The monoisotopic (exact) mass is 258 g/mol. The van der Waals surface area contributed by atoms with E-state index >= 15 is 0 Å². The molecular weight excluding hydrogens is 243 g/mol. The van der Waals surface area contributed by atoms with Crippen molar-refractivity contribution in [1.29, 1.82) is 0 Å². The van der Waals surface area contributed by atoms with Gasteiger partial charge in [-0.3, -0.25) is 0 Å². The average Bonchev–Trinajstić information content (AvgIpc) is 2.40. The number of aryl methyl sites for hydroxylation is 2. The largest absolute Gasteiger partial charge is 0.457 e. The van der Waals surface area contributed by atoms with Crippen LogP contribution in [-0.4, -0.2) is 5.97 Å². The Bertz CT molecular complexity index is 588. The fourth-order valence-corrected chi connectivity index (χ4v) is 1.72. The predicted octanol–water partition coefficient (Wildman–Crippen LogP) is 3.80. The number of hydrogen-bond donors (Lipinski definition) is 0. The topological polar surface area (TPSA) is 26.3 Å². The van der Waals surface area contributed by atoms with Crippen LogP contribution in [0, 0.1) is 19.7 Å². The number of carbonyl (C=O) groups is 1. The van der Waals surface area contributed by atoms with E-state index in [1.54, 1.807) is 31.2 Å². The van der Waals surface area contributed by atoms with E-state index in [2.05, 4.69) is 0 Å². The molecule has 0 amide bonds. The Labute approximate surface area is 111 Å². The van der Waals surface area contributed by atoms with Crippen molar-refractivity contribution in [2.24, 2.45) is 0 Å². The smallest absolute Gasteiger partial charge is 0.338 e. The van der Waals surface area contributed by atoms with Crippen molar-refractivity contribution in [3.63, 3.8) is 0 Å². The van der Waals surface area contributed by atoms with Crippen LogP contribution in [0.3, 0.4) is 0 Å². The SMILES string of the molecule is Cc1ccc(C(=O)OCc2ccc(F)c(C)c2)cc1. The highest BCUT2D eigenvalue weighted by molar-refractivity contribution is 5.89. The highest BCUT2D eigenvalue weighted by atomic mass is 19.1. The molecule has 0 bridgehead atoms. The van der Waals surface area contributed by atoms with Gasteiger partial charge in [0.25, 0.3) is 0 Å². The molecule has 2 aromatic rings. The summed E-state index contributed by atoms with van der Waals surface area (Å²) < 4.78 is 18.3. The van der Waals surface area contributed by atoms with Gasteiger partial charge < -0.3 is 4.74 Å². The van der Waals surface area contributed by atoms with Crippen LogP contribution >= 0.6 is 0 Å². The Morgan fingerprint density at radius 1 is 1.11 bits per heavy atom. The van der Waals surface area contributed by atoms with Crippen molar-refractivity contribution in [3.05, 3.63) is 70.5 Å². The molecule has 0 unspecified atom stereocenters. The first-order valence-corrected chi connectivity index (χ1v) is 6.05. The van der Waals surface area contributed by atoms with Gasteiger partial charge in [0.05, 0.1) is 5.56 Å². The van der Waals surface area contributed by atoms with Crippen LogP contribution in [0.4, 0.5) is 4.39 Å². The predicted molar refractivity (Wildman–Crippen MR) is 71.4 cm³/mol. The van der Waals surface area contributed by atoms with E-state index in [0.717, 1.165) is 11.1 Å². The van der Waals surface area contributed by atoms with Gasteiger partial charge in [-0.15, -0.1) is 0 Å². The van der Waals surface area contributed by atoms with Crippen LogP contribution in [-0.2, 0) is 11.3 Å². The molecule has 0 N–H and O–H groups in total. The van der Waals surface area contributed by atoms with E-state index in [1.807, 2.05) is 19.1 Å². The lowest BCUT2D eigenvalue weighted by atomic mass is 10.1. The first-order valence-electron chi connectivity index (χ1n) is 6.05. The summed E-state index contributed by atoms with van der Waals surface area (Å²) in [6, 6.07) is 11.9. The van der Waals surface area contributed by atoms with E-state index in [0.29, 0.717) is 11.1 Å². The van der Waals surface area contributed by atoms with Crippen LogP contribution in [0.25, 0.3) is 0 Å². The molecule has 2 rings (SSSR count). The van der Waals surface area contributed by atoms with Crippen molar-refractivity contribution in [2.75, 3.05) is 0 Å². The normalized spacial score (nSPS) is 10.3. The Hall–Kier alpha value is -2.16. The van der Waals surface area contributed by atoms with E-state index in [1.165, 1.54) is 6.07 Å². The van der Waals surface area contributed by atoms with Gasteiger partial charge in [0.15, 0.2) is 0 Å². The summed E-state index contributed by atoms with van der Waals surface area (Å²) >= 11 is 0. The fourth-order valence-electron chi connectivity index (χ4n) is 1.72. The summed E-state index contributed by atoms with van der Waals surface area (Å²) in [7, 11) is 0. The van der Waals surface area contributed by atoms with Gasteiger partial charge in [-0.1, -0.05) is 23.8 Å². The van der Waals surface area contributed by atoms with Gasteiger partial charge in [-0.05, 0) is 49.2 Å². The van der Waals surface area contributed by atoms with E-state index in [-0.39, 0.29) is 18.4 Å². The van der Waals surface area contributed by atoms with Gasteiger partial charge in [-0.25, -0.2) is 9.18 Å². The van der Waals surface area contributed by atoms with Crippen LogP contribution in [0.1, 0.15) is 27.0 Å². The van der Waals surface area contributed by atoms with Crippen molar-refractivity contribution >= 4 is 5.97 Å². The average molecular weight is 258 g/mol. The first-order chi connectivity index (χ1) is 9.06. The molecular formula is C16H15FO2. The van der Waals surface area contributed by atoms with Gasteiger partial charge >= 0.3 is 5.97 Å². The summed E-state index contributed by atoms with van der Waals surface area (Å²) in [5.74, 6) is -0.629. The van der Waals surface area contributed by atoms with Crippen LogP contribution in [0.2, 0.25) is 0 Å². The number of esters is 1. The molecule has 2 nitrogen and oxygen atoms in total.